The van der Waals surface area contributed by atoms with Crippen LogP contribution in [0.2, 0.25) is 0 Å². The molecule has 3 rings (SSSR count). The highest BCUT2D eigenvalue weighted by molar-refractivity contribution is 7.89. The van der Waals surface area contributed by atoms with Gasteiger partial charge in [-0.15, -0.1) is 0 Å². The molecule has 1 aromatic carbocycles. The van der Waals surface area contributed by atoms with Crippen LogP contribution in [0.3, 0.4) is 0 Å². The minimum absolute atomic E-state index is 0.0961. The second kappa shape index (κ2) is 6.20. The lowest BCUT2D eigenvalue weighted by molar-refractivity contribution is -0.0516. The SMILES string of the molecule is C[C@@H]1CO[C@H](CO)CN1S(=O)(=O)c1ccc2c(c1)C(=O)NCC2. The van der Waals surface area contributed by atoms with E-state index in [0.29, 0.717) is 18.5 Å². The summed E-state index contributed by atoms with van der Waals surface area (Å²) in [6.07, 6.45) is 0.170. The van der Waals surface area contributed by atoms with Crippen molar-refractivity contribution in [3.63, 3.8) is 0 Å². The Hall–Kier alpha value is -1.48. The number of carbonyl (C=O) groups excluding carboxylic acids is 1. The predicted molar refractivity (Wildman–Crippen MR) is 82.7 cm³/mol. The molecule has 2 aliphatic rings. The van der Waals surface area contributed by atoms with Crippen LogP contribution in [0, 0.1) is 0 Å². The number of aliphatic hydroxyl groups is 1. The lowest BCUT2D eigenvalue weighted by Crippen LogP contribution is -2.51. The molecule has 0 aliphatic carbocycles. The van der Waals surface area contributed by atoms with Gasteiger partial charge in [0, 0.05) is 24.7 Å². The summed E-state index contributed by atoms with van der Waals surface area (Å²) >= 11 is 0. The Morgan fingerprint density at radius 1 is 1.43 bits per heavy atom. The number of hydrogen-bond acceptors (Lipinski definition) is 5. The largest absolute Gasteiger partial charge is 0.394 e. The van der Waals surface area contributed by atoms with Gasteiger partial charge in [0.1, 0.15) is 0 Å². The molecular formula is C15H20N2O5S. The highest BCUT2D eigenvalue weighted by Gasteiger charge is 2.36. The van der Waals surface area contributed by atoms with E-state index in [1.54, 1.807) is 19.1 Å². The summed E-state index contributed by atoms with van der Waals surface area (Å²) in [5.41, 5.74) is 1.27. The molecule has 1 saturated heterocycles. The lowest BCUT2D eigenvalue weighted by Gasteiger charge is -2.36. The molecular weight excluding hydrogens is 320 g/mol. The smallest absolute Gasteiger partial charge is 0.251 e. The fourth-order valence-corrected chi connectivity index (χ4v) is 4.60. The molecule has 1 aromatic rings. The molecule has 0 unspecified atom stereocenters. The number of sulfonamides is 1. The van der Waals surface area contributed by atoms with Crippen molar-refractivity contribution in [1.82, 2.24) is 9.62 Å². The van der Waals surface area contributed by atoms with Gasteiger partial charge in [-0.05, 0) is 31.0 Å². The van der Waals surface area contributed by atoms with Crippen LogP contribution in [0.25, 0.3) is 0 Å². The second-order valence-electron chi connectivity index (χ2n) is 5.89. The first kappa shape index (κ1) is 16.4. The average molecular weight is 340 g/mol. The number of hydrogen-bond donors (Lipinski definition) is 2. The molecule has 0 spiro atoms. The summed E-state index contributed by atoms with van der Waals surface area (Å²) in [5, 5.41) is 11.9. The third kappa shape index (κ3) is 2.99. The van der Waals surface area contributed by atoms with Gasteiger partial charge in [-0.2, -0.15) is 4.31 Å². The van der Waals surface area contributed by atoms with Gasteiger partial charge in [-0.3, -0.25) is 4.79 Å². The third-order valence-corrected chi connectivity index (χ3v) is 6.24. The van der Waals surface area contributed by atoms with Crippen LogP contribution in [0.4, 0.5) is 0 Å². The van der Waals surface area contributed by atoms with Crippen molar-refractivity contribution in [2.24, 2.45) is 0 Å². The predicted octanol–water partition coefficient (Wildman–Crippen LogP) is -0.257. The molecule has 1 amide bonds. The molecule has 0 saturated carbocycles. The zero-order chi connectivity index (χ0) is 16.6. The third-order valence-electron chi connectivity index (χ3n) is 4.26. The first-order valence-corrected chi connectivity index (χ1v) is 9.03. The van der Waals surface area contributed by atoms with Crippen LogP contribution in [-0.4, -0.2) is 62.2 Å². The van der Waals surface area contributed by atoms with Crippen LogP contribution < -0.4 is 5.32 Å². The Bertz CT molecular complexity index is 719. The van der Waals surface area contributed by atoms with Crippen molar-refractivity contribution in [1.29, 1.82) is 0 Å². The Morgan fingerprint density at radius 2 is 2.22 bits per heavy atom. The van der Waals surface area contributed by atoms with Gasteiger partial charge in [-0.25, -0.2) is 8.42 Å². The summed E-state index contributed by atoms with van der Waals surface area (Å²) in [7, 11) is -3.75. The molecule has 23 heavy (non-hydrogen) atoms. The van der Waals surface area contributed by atoms with Gasteiger partial charge in [-0.1, -0.05) is 6.07 Å². The normalized spacial score (nSPS) is 25.7. The first-order valence-electron chi connectivity index (χ1n) is 7.59. The maximum Gasteiger partial charge on any atom is 0.251 e. The zero-order valence-corrected chi connectivity index (χ0v) is 13.7. The first-order chi connectivity index (χ1) is 10.9. The Balaban J connectivity index is 1.96. The number of amides is 1. The van der Waals surface area contributed by atoms with Crippen LogP contribution in [0.1, 0.15) is 22.8 Å². The van der Waals surface area contributed by atoms with Crippen molar-refractivity contribution in [3.8, 4) is 0 Å². The average Bonchev–Trinajstić information content (AvgIpc) is 2.55. The van der Waals surface area contributed by atoms with E-state index in [1.807, 2.05) is 0 Å². The topological polar surface area (TPSA) is 95.9 Å². The summed E-state index contributed by atoms with van der Waals surface area (Å²) in [4.78, 5) is 12.0. The van der Waals surface area contributed by atoms with E-state index in [9.17, 15) is 18.3 Å². The standard InChI is InChI=1S/C15H20N2O5S/c1-10-9-22-12(8-18)7-17(10)23(20,21)13-3-2-11-4-5-16-15(19)14(11)6-13/h2-3,6,10,12,18H,4-5,7-9H2,1H3,(H,16,19)/t10-,12+/m1/s1. The van der Waals surface area contributed by atoms with Crippen molar-refractivity contribution in [2.45, 2.75) is 30.4 Å². The summed E-state index contributed by atoms with van der Waals surface area (Å²) in [5.74, 6) is -0.244. The maximum absolute atomic E-state index is 12.9. The monoisotopic (exact) mass is 340 g/mol. The van der Waals surface area contributed by atoms with Crippen LogP contribution in [-0.2, 0) is 21.2 Å². The zero-order valence-electron chi connectivity index (χ0n) is 12.9. The minimum Gasteiger partial charge on any atom is -0.394 e. The number of fused-ring (bicyclic) bond motifs is 1. The molecule has 0 radical (unpaired) electrons. The highest BCUT2D eigenvalue weighted by Crippen LogP contribution is 2.25. The summed E-state index contributed by atoms with van der Waals surface area (Å²) < 4.78 is 32.5. The van der Waals surface area contributed by atoms with Gasteiger partial charge < -0.3 is 15.2 Å². The molecule has 7 nitrogen and oxygen atoms in total. The van der Waals surface area contributed by atoms with Crippen molar-refractivity contribution in [2.75, 3.05) is 26.3 Å². The Kier molecular flexibility index (Phi) is 4.41. The minimum atomic E-state index is -3.75. The molecule has 2 atom stereocenters. The fraction of sp³-hybridized carbons (Fsp3) is 0.533. The van der Waals surface area contributed by atoms with E-state index in [4.69, 9.17) is 4.74 Å². The number of ether oxygens (including phenoxy) is 1. The van der Waals surface area contributed by atoms with E-state index in [-0.39, 0.29) is 36.6 Å². The Morgan fingerprint density at radius 3 is 2.96 bits per heavy atom. The molecule has 8 heteroatoms. The van der Waals surface area contributed by atoms with Gasteiger partial charge in [0.15, 0.2) is 0 Å². The van der Waals surface area contributed by atoms with E-state index in [2.05, 4.69) is 5.32 Å². The lowest BCUT2D eigenvalue weighted by atomic mass is 10.0. The number of nitrogens with zero attached hydrogens (tertiary/aromatic N) is 1. The highest BCUT2D eigenvalue weighted by atomic mass is 32.2. The van der Waals surface area contributed by atoms with Crippen LogP contribution in [0.15, 0.2) is 23.1 Å². The number of nitrogens with one attached hydrogen (secondary N) is 1. The van der Waals surface area contributed by atoms with E-state index in [0.717, 1.165) is 5.56 Å². The quantitative estimate of drug-likeness (QED) is 0.791. The van der Waals surface area contributed by atoms with Gasteiger partial charge in [0.05, 0.1) is 24.2 Å². The van der Waals surface area contributed by atoms with Gasteiger partial charge in [0.2, 0.25) is 10.0 Å². The molecule has 2 N–H and O–H groups in total. The molecule has 0 bridgehead atoms. The fourth-order valence-electron chi connectivity index (χ4n) is 2.92. The maximum atomic E-state index is 12.9. The molecule has 1 fully saturated rings. The number of morpholine rings is 1. The van der Waals surface area contributed by atoms with Gasteiger partial charge >= 0.3 is 0 Å². The van der Waals surface area contributed by atoms with Gasteiger partial charge in [0.25, 0.3) is 5.91 Å². The van der Waals surface area contributed by atoms with Crippen molar-refractivity contribution in [3.05, 3.63) is 29.3 Å². The number of aliphatic hydroxyl groups excluding tert-OH is 1. The van der Waals surface area contributed by atoms with Crippen LogP contribution >= 0.6 is 0 Å². The van der Waals surface area contributed by atoms with Crippen molar-refractivity contribution >= 4 is 15.9 Å². The second-order valence-corrected chi connectivity index (χ2v) is 7.78. The van der Waals surface area contributed by atoms with Crippen molar-refractivity contribution < 1.29 is 23.1 Å². The molecule has 126 valence electrons. The molecule has 2 heterocycles. The summed E-state index contributed by atoms with van der Waals surface area (Å²) in [6, 6.07) is 4.36. The molecule has 0 aromatic heterocycles. The number of benzene rings is 1. The van der Waals surface area contributed by atoms with E-state index in [1.165, 1.54) is 10.4 Å². The molecule has 2 aliphatic heterocycles. The van der Waals surface area contributed by atoms with Crippen LogP contribution in [0.5, 0.6) is 0 Å². The Labute approximate surface area is 135 Å². The van der Waals surface area contributed by atoms with E-state index < -0.39 is 16.1 Å². The number of rotatable bonds is 3. The number of carbonyl (C=O) groups is 1. The summed E-state index contributed by atoms with van der Waals surface area (Å²) in [6.45, 7) is 2.43. The van der Waals surface area contributed by atoms with E-state index >= 15 is 0 Å².